The standard InChI is InChI=1S/C55H45N4O.Pt/c1-5-17-38-32-47(39-18-8-6-9-19-39)54(48(33-38)40-20-10-7-11-21-40)58-37-57(50-26-14-15-27-51(50)58)42-22-16-23-43(35-42)60-44-28-29-46-45-24-12-13-25-49(45)59(52(46)36-44)53-34-41(30-31-56-53)55(2,3)4;/h6-16,18-34,37H,5,17H2,1-4H3;/q-3;/i6D,7D,8D,9D,10D,11D,18D,19D,20D,21D,30D,31D,34D;. The second-order valence-corrected chi connectivity index (χ2v) is 15.5. The van der Waals surface area contributed by atoms with Gasteiger partial charge < -0.3 is 19.1 Å². The van der Waals surface area contributed by atoms with Gasteiger partial charge in [-0.15, -0.1) is 48.1 Å². The molecule has 1 aliphatic heterocycles. The van der Waals surface area contributed by atoms with Gasteiger partial charge in [0.1, 0.15) is 5.82 Å². The number of hydrogen-bond donors (Lipinski definition) is 0. The fraction of sp³-hybridized carbons (Fsp3) is 0.127. The van der Waals surface area contributed by atoms with Gasteiger partial charge >= 0.3 is 0 Å². The van der Waals surface area contributed by atoms with E-state index in [1.807, 2.05) is 93.3 Å². The maximum absolute atomic E-state index is 9.32. The molecule has 0 unspecified atom stereocenters. The minimum atomic E-state index is -0.623. The fourth-order valence-electron chi connectivity index (χ4n) is 7.72. The van der Waals surface area contributed by atoms with E-state index in [1.165, 1.54) is 0 Å². The van der Waals surface area contributed by atoms with Crippen LogP contribution in [0, 0.1) is 18.8 Å². The van der Waals surface area contributed by atoms with E-state index in [1.54, 1.807) is 46.5 Å². The van der Waals surface area contributed by atoms with Crippen molar-refractivity contribution in [2.75, 3.05) is 9.80 Å². The maximum atomic E-state index is 9.32. The summed E-state index contributed by atoms with van der Waals surface area (Å²) in [5, 5.41) is 1.67. The van der Waals surface area contributed by atoms with Crippen molar-refractivity contribution in [3.8, 4) is 39.6 Å². The number of hydrogen-bond acceptors (Lipinski definition) is 4. The summed E-state index contributed by atoms with van der Waals surface area (Å²) in [6.45, 7) is 9.39. The van der Waals surface area contributed by atoms with Crippen LogP contribution in [0.3, 0.4) is 0 Å². The normalized spacial score (nSPS) is 15.4. The second kappa shape index (κ2) is 16.6. The second-order valence-electron chi connectivity index (χ2n) is 15.5. The summed E-state index contributed by atoms with van der Waals surface area (Å²) < 4.78 is 123. The first-order valence-corrected chi connectivity index (χ1v) is 19.7. The molecule has 5 nitrogen and oxygen atoms in total. The summed E-state index contributed by atoms with van der Waals surface area (Å²) in [6, 6.07) is 29.0. The number of nitrogens with zero attached hydrogens (tertiary/aromatic N) is 4. The minimum Gasteiger partial charge on any atom is -0.509 e. The van der Waals surface area contributed by atoms with Crippen molar-refractivity contribution in [1.82, 2.24) is 9.55 Å². The van der Waals surface area contributed by atoms with Crippen molar-refractivity contribution in [2.45, 2.75) is 46.0 Å². The molecule has 61 heavy (non-hydrogen) atoms. The quantitative estimate of drug-likeness (QED) is 0.135. The Kier molecular flexibility index (Phi) is 7.45. The Morgan fingerprint density at radius 2 is 1.36 bits per heavy atom. The number of fused-ring (bicyclic) bond motifs is 4. The maximum Gasteiger partial charge on any atom is 0.135 e. The molecule has 7 aromatic carbocycles. The molecule has 0 radical (unpaired) electrons. The molecule has 0 bridgehead atoms. The number of rotatable bonds is 9. The minimum absolute atomic E-state index is 0. The molecule has 0 atom stereocenters. The monoisotopic (exact) mass is 985 g/mol. The van der Waals surface area contributed by atoms with Gasteiger partial charge in [-0.05, 0) is 81.9 Å². The van der Waals surface area contributed by atoms with Crippen molar-refractivity contribution in [1.29, 1.82) is 0 Å². The molecule has 0 saturated carbocycles. The fourth-order valence-corrected chi connectivity index (χ4v) is 7.72. The number of anilines is 4. The molecule has 0 fully saturated rings. The third kappa shape index (κ3) is 7.53. The van der Waals surface area contributed by atoms with E-state index in [9.17, 15) is 1.37 Å². The van der Waals surface area contributed by atoms with Gasteiger partial charge in [0.05, 0.1) is 17.8 Å². The number of aromatic nitrogens is 2. The van der Waals surface area contributed by atoms with Crippen molar-refractivity contribution < 1.29 is 43.6 Å². The van der Waals surface area contributed by atoms with E-state index in [0.717, 1.165) is 16.3 Å². The summed E-state index contributed by atoms with van der Waals surface area (Å²) in [6.07, 6.45) is 0.858. The molecule has 3 heterocycles. The molecular weight excluding hydrogens is 928 g/mol. The molecule has 9 aromatic rings. The van der Waals surface area contributed by atoms with Gasteiger partial charge in [-0.25, -0.2) is 4.98 Å². The molecule has 0 N–H and O–H groups in total. The van der Waals surface area contributed by atoms with Gasteiger partial charge in [-0.2, -0.15) is 12.1 Å². The van der Waals surface area contributed by atoms with Crippen LogP contribution < -0.4 is 14.5 Å². The molecule has 1 aliphatic rings. The summed E-state index contributed by atoms with van der Waals surface area (Å²) >= 11 is 0. The Bertz CT molecular complexity index is 3630. The zero-order valence-corrected chi connectivity index (χ0v) is 35.9. The summed E-state index contributed by atoms with van der Waals surface area (Å²) in [4.78, 5) is 8.06. The van der Waals surface area contributed by atoms with Gasteiger partial charge in [0.15, 0.2) is 0 Å². The molecule has 6 heteroatoms. The summed E-state index contributed by atoms with van der Waals surface area (Å²) in [7, 11) is 0. The van der Waals surface area contributed by atoms with E-state index in [0.29, 0.717) is 58.0 Å². The predicted octanol–water partition coefficient (Wildman–Crippen LogP) is 14.6. The zero-order valence-electron chi connectivity index (χ0n) is 46.7. The third-order valence-electron chi connectivity index (χ3n) is 10.5. The van der Waals surface area contributed by atoms with Gasteiger partial charge in [0.25, 0.3) is 0 Å². The topological polar surface area (TPSA) is 33.5 Å². The number of aryl methyl sites for hydroxylation is 1. The van der Waals surface area contributed by atoms with Crippen molar-refractivity contribution in [2.24, 2.45) is 0 Å². The van der Waals surface area contributed by atoms with E-state index in [4.69, 9.17) is 21.2 Å². The SMILES string of the molecule is [2H]c1nc(-n2c3[c-]c(Oc4[c-]c(N5[CH-]N(c6c(-c7c([2H])c([2H])c([2H])c([2H])c7[2H])cc(CCC)cc6-c6c([2H])c([2H])c([2H])c([2H])c6[2H])c6ccccc65)ccc4)ccc3c3ccccc32)c([2H])c(C(C)(C)C)c1[2H].[Pt]. The third-order valence-corrected chi connectivity index (χ3v) is 10.5. The van der Waals surface area contributed by atoms with Crippen LogP contribution in [0.25, 0.3) is 49.9 Å². The van der Waals surface area contributed by atoms with Gasteiger partial charge in [0.2, 0.25) is 0 Å². The molecule has 10 rings (SSSR count). The number of ether oxygens (including phenoxy) is 1. The Morgan fingerprint density at radius 1 is 0.705 bits per heavy atom. The molecule has 0 amide bonds. The number of pyridine rings is 1. The molecular formula is C55H45N4OPt-3. The van der Waals surface area contributed by atoms with E-state index in [-0.39, 0.29) is 73.1 Å². The van der Waals surface area contributed by atoms with Crippen molar-refractivity contribution >= 4 is 44.6 Å². The van der Waals surface area contributed by atoms with Gasteiger partial charge in [-0.1, -0.05) is 130 Å². The molecule has 2 aromatic heterocycles. The first kappa shape index (κ1) is 27.4. The Balaban J connectivity index is 0.00000672. The molecule has 0 aliphatic carbocycles. The van der Waals surface area contributed by atoms with Gasteiger partial charge in [0, 0.05) is 72.4 Å². The average molecular weight is 986 g/mol. The van der Waals surface area contributed by atoms with Crippen LogP contribution in [0.5, 0.6) is 11.5 Å². The first-order chi connectivity index (χ1) is 34.7. The molecule has 304 valence electrons. The van der Waals surface area contributed by atoms with E-state index in [2.05, 4.69) is 17.1 Å². The van der Waals surface area contributed by atoms with Crippen LogP contribution in [0.15, 0.2) is 170 Å². The van der Waals surface area contributed by atoms with E-state index < -0.39 is 65.8 Å². The Morgan fingerprint density at radius 3 is 2.05 bits per heavy atom. The molecule has 0 spiro atoms. The first-order valence-electron chi connectivity index (χ1n) is 26.2. The number of para-hydroxylation sites is 3. The van der Waals surface area contributed by atoms with Crippen molar-refractivity contribution in [3.05, 3.63) is 200 Å². The number of benzene rings is 7. The summed E-state index contributed by atoms with van der Waals surface area (Å²) in [5.74, 6) is 0.795. The summed E-state index contributed by atoms with van der Waals surface area (Å²) in [5.41, 5.74) is 3.75. The van der Waals surface area contributed by atoms with Crippen LogP contribution in [0.4, 0.5) is 22.7 Å². The van der Waals surface area contributed by atoms with Crippen LogP contribution in [0.1, 0.15) is 63.1 Å². The van der Waals surface area contributed by atoms with Crippen LogP contribution in [0.2, 0.25) is 0 Å². The van der Waals surface area contributed by atoms with Crippen LogP contribution >= 0.6 is 0 Å². The average Bonchev–Trinajstić information content (AvgIpc) is 3.91. The van der Waals surface area contributed by atoms with Crippen LogP contribution in [-0.2, 0) is 32.9 Å². The van der Waals surface area contributed by atoms with Gasteiger partial charge in [-0.3, -0.25) is 0 Å². The van der Waals surface area contributed by atoms with E-state index >= 15 is 0 Å². The Hall–Kier alpha value is -6.42. The predicted molar refractivity (Wildman–Crippen MR) is 248 cm³/mol. The zero-order chi connectivity index (χ0) is 52.1. The molecule has 0 saturated heterocycles. The largest absolute Gasteiger partial charge is 0.509 e. The Labute approximate surface area is 391 Å². The van der Waals surface area contributed by atoms with Crippen LogP contribution in [-0.4, -0.2) is 9.55 Å². The smallest absolute Gasteiger partial charge is 0.135 e. The van der Waals surface area contributed by atoms with Crippen molar-refractivity contribution in [3.63, 3.8) is 0 Å².